The molecule has 1 aromatic heterocycles. The fourth-order valence-corrected chi connectivity index (χ4v) is 1.41. The summed E-state index contributed by atoms with van der Waals surface area (Å²) in [6.07, 6.45) is 3.64. The summed E-state index contributed by atoms with van der Waals surface area (Å²) in [6.45, 7) is 2.90. The van der Waals surface area contributed by atoms with E-state index < -0.39 is 0 Å². The van der Waals surface area contributed by atoms with Crippen LogP contribution in [0.1, 0.15) is 11.6 Å². The number of hydrogen-bond donors (Lipinski definition) is 1. The molecule has 2 heterocycles. The SMILES string of the molecule is c1cc(C2CNCC[N]2)ccn1. The van der Waals surface area contributed by atoms with Gasteiger partial charge >= 0.3 is 0 Å². The van der Waals surface area contributed by atoms with Crippen molar-refractivity contribution in [2.24, 2.45) is 0 Å². The minimum Gasteiger partial charge on any atom is -0.313 e. The largest absolute Gasteiger partial charge is 0.313 e. The van der Waals surface area contributed by atoms with Gasteiger partial charge in [0.05, 0.1) is 6.04 Å². The summed E-state index contributed by atoms with van der Waals surface area (Å²) in [5.74, 6) is 0. The van der Waals surface area contributed by atoms with Crippen LogP contribution in [0.25, 0.3) is 0 Å². The maximum absolute atomic E-state index is 4.51. The zero-order valence-corrected chi connectivity index (χ0v) is 6.90. The van der Waals surface area contributed by atoms with Crippen molar-refractivity contribution >= 4 is 0 Å². The molecule has 3 heteroatoms. The first-order chi connectivity index (χ1) is 5.97. The Bertz CT molecular complexity index is 229. The molecule has 1 fully saturated rings. The highest BCUT2D eigenvalue weighted by Crippen LogP contribution is 2.12. The molecule has 1 N–H and O–H groups in total. The van der Waals surface area contributed by atoms with Gasteiger partial charge in [0.25, 0.3) is 0 Å². The van der Waals surface area contributed by atoms with Crippen LogP contribution in [0.3, 0.4) is 0 Å². The molecule has 0 aromatic carbocycles. The molecule has 1 atom stereocenters. The number of nitrogens with one attached hydrogen (secondary N) is 1. The highest BCUT2D eigenvalue weighted by atomic mass is 15.1. The van der Waals surface area contributed by atoms with Crippen molar-refractivity contribution in [1.29, 1.82) is 0 Å². The summed E-state index contributed by atoms with van der Waals surface area (Å²) in [5, 5.41) is 7.83. The molecule has 2 rings (SSSR count). The third-order valence-electron chi connectivity index (χ3n) is 2.07. The maximum atomic E-state index is 4.51. The van der Waals surface area contributed by atoms with Crippen molar-refractivity contribution in [2.75, 3.05) is 19.6 Å². The fraction of sp³-hybridized carbons (Fsp3) is 0.444. The van der Waals surface area contributed by atoms with Crippen molar-refractivity contribution in [1.82, 2.24) is 15.6 Å². The molecule has 0 aliphatic carbocycles. The lowest BCUT2D eigenvalue weighted by molar-refractivity contribution is 0.421. The Kier molecular flexibility index (Phi) is 2.34. The molecular formula is C9H12N3. The summed E-state index contributed by atoms with van der Waals surface area (Å²) >= 11 is 0. The molecule has 1 aliphatic rings. The van der Waals surface area contributed by atoms with Crippen molar-refractivity contribution in [3.8, 4) is 0 Å². The standard InChI is InChI=1S/C9H12N3/c1-3-10-4-2-8(1)9-7-11-5-6-12-9/h1-4,9,11H,5-7H2. The highest BCUT2D eigenvalue weighted by Gasteiger charge is 2.14. The monoisotopic (exact) mass is 162 g/mol. The van der Waals surface area contributed by atoms with Gasteiger partial charge in [-0.2, -0.15) is 0 Å². The first kappa shape index (κ1) is 7.71. The van der Waals surface area contributed by atoms with E-state index in [1.807, 2.05) is 24.5 Å². The second kappa shape index (κ2) is 3.65. The molecule has 1 saturated heterocycles. The minimum atomic E-state index is 0.335. The number of aromatic nitrogens is 1. The van der Waals surface area contributed by atoms with Gasteiger partial charge in [-0.3, -0.25) is 4.98 Å². The molecule has 0 spiro atoms. The van der Waals surface area contributed by atoms with Gasteiger partial charge in [0.2, 0.25) is 0 Å². The molecular weight excluding hydrogens is 150 g/mol. The first-order valence-corrected chi connectivity index (χ1v) is 4.24. The van der Waals surface area contributed by atoms with Crippen LogP contribution in [0.2, 0.25) is 0 Å². The highest BCUT2D eigenvalue weighted by molar-refractivity contribution is 5.15. The van der Waals surface area contributed by atoms with E-state index in [-0.39, 0.29) is 0 Å². The molecule has 0 bridgehead atoms. The van der Waals surface area contributed by atoms with E-state index >= 15 is 0 Å². The summed E-state index contributed by atoms with van der Waals surface area (Å²) < 4.78 is 0. The number of rotatable bonds is 1. The molecule has 63 valence electrons. The Morgan fingerprint density at radius 1 is 1.33 bits per heavy atom. The molecule has 1 unspecified atom stereocenters. The first-order valence-electron chi connectivity index (χ1n) is 4.24. The van der Waals surface area contributed by atoms with Crippen LogP contribution in [-0.4, -0.2) is 24.6 Å². The lowest BCUT2D eigenvalue weighted by atomic mass is 10.1. The fourth-order valence-electron chi connectivity index (χ4n) is 1.41. The minimum absolute atomic E-state index is 0.335. The molecule has 1 aliphatic heterocycles. The zero-order valence-electron chi connectivity index (χ0n) is 6.90. The smallest absolute Gasteiger partial charge is 0.0621 e. The summed E-state index contributed by atoms with van der Waals surface area (Å²) in [5.41, 5.74) is 1.26. The van der Waals surface area contributed by atoms with Crippen LogP contribution in [0.15, 0.2) is 24.5 Å². The molecule has 3 nitrogen and oxygen atoms in total. The topological polar surface area (TPSA) is 39.0 Å². The predicted octanol–water partition coefficient (Wildman–Crippen LogP) is 0.330. The Hall–Kier alpha value is -0.930. The quantitative estimate of drug-likeness (QED) is 0.646. The van der Waals surface area contributed by atoms with Crippen LogP contribution in [-0.2, 0) is 0 Å². The third-order valence-corrected chi connectivity index (χ3v) is 2.07. The summed E-state index contributed by atoms with van der Waals surface area (Å²) in [6, 6.07) is 4.39. The van der Waals surface area contributed by atoms with E-state index in [1.54, 1.807) is 0 Å². The maximum Gasteiger partial charge on any atom is 0.0621 e. The second-order valence-corrected chi connectivity index (χ2v) is 2.91. The Labute approximate surface area is 72.2 Å². The number of nitrogens with zero attached hydrogens (tertiary/aromatic N) is 2. The molecule has 0 amide bonds. The number of hydrogen-bond acceptors (Lipinski definition) is 2. The van der Waals surface area contributed by atoms with Crippen LogP contribution in [0, 0.1) is 0 Å². The van der Waals surface area contributed by atoms with Gasteiger partial charge < -0.3 is 5.32 Å². The van der Waals surface area contributed by atoms with E-state index in [1.165, 1.54) is 5.56 Å². The average Bonchev–Trinajstić information content (AvgIpc) is 2.21. The van der Waals surface area contributed by atoms with Gasteiger partial charge in [-0.05, 0) is 17.7 Å². The van der Waals surface area contributed by atoms with Crippen LogP contribution < -0.4 is 10.6 Å². The second-order valence-electron chi connectivity index (χ2n) is 2.91. The normalized spacial score (nSPS) is 23.8. The predicted molar refractivity (Wildman–Crippen MR) is 46.8 cm³/mol. The van der Waals surface area contributed by atoms with Gasteiger partial charge in [0.1, 0.15) is 0 Å². The number of piperazine rings is 1. The van der Waals surface area contributed by atoms with Crippen LogP contribution in [0.5, 0.6) is 0 Å². The van der Waals surface area contributed by atoms with Crippen molar-refractivity contribution in [2.45, 2.75) is 6.04 Å². The van der Waals surface area contributed by atoms with Gasteiger partial charge in [-0.25, -0.2) is 5.32 Å². The molecule has 0 saturated carbocycles. The Morgan fingerprint density at radius 2 is 2.17 bits per heavy atom. The van der Waals surface area contributed by atoms with E-state index in [4.69, 9.17) is 0 Å². The van der Waals surface area contributed by atoms with Crippen LogP contribution >= 0.6 is 0 Å². The Balaban J connectivity index is 2.08. The van der Waals surface area contributed by atoms with E-state index in [0.717, 1.165) is 19.6 Å². The van der Waals surface area contributed by atoms with Gasteiger partial charge in [0, 0.05) is 32.0 Å². The summed E-state index contributed by atoms with van der Waals surface area (Å²) in [4.78, 5) is 3.98. The molecule has 12 heavy (non-hydrogen) atoms. The molecule has 1 radical (unpaired) electrons. The summed E-state index contributed by atoms with van der Waals surface area (Å²) in [7, 11) is 0. The van der Waals surface area contributed by atoms with E-state index in [0.29, 0.717) is 6.04 Å². The van der Waals surface area contributed by atoms with Crippen molar-refractivity contribution < 1.29 is 0 Å². The van der Waals surface area contributed by atoms with Gasteiger partial charge in [-0.15, -0.1) is 0 Å². The van der Waals surface area contributed by atoms with E-state index in [9.17, 15) is 0 Å². The lowest BCUT2D eigenvalue weighted by Gasteiger charge is -2.22. The number of pyridine rings is 1. The Morgan fingerprint density at radius 3 is 2.83 bits per heavy atom. The van der Waals surface area contributed by atoms with Crippen molar-refractivity contribution in [3.05, 3.63) is 30.1 Å². The molecule has 1 aromatic rings. The third kappa shape index (κ3) is 1.62. The average molecular weight is 162 g/mol. The van der Waals surface area contributed by atoms with Crippen LogP contribution in [0.4, 0.5) is 0 Å². The van der Waals surface area contributed by atoms with Gasteiger partial charge in [-0.1, -0.05) is 0 Å². The van der Waals surface area contributed by atoms with Gasteiger partial charge in [0.15, 0.2) is 0 Å². The van der Waals surface area contributed by atoms with E-state index in [2.05, 4.69) is 15.6 Å². The van der Waals surface area contributed by atoms with Crippen molar-refractivity contribution in [3.63, 3.8) is 0 Å². The lowest BCUT2D eigenvalue weighted by Crippen LogP contribution is -2.38. The zero-order chi connectivity index (χ0) is 8.23.